The fraction of sp³-hybridized carbons (Fsp3) is 0.714. The van der Waals surface area contributed by atoms with Crippen LogP contribution < -0.4 is 11.1 Å². The van der Waals surface area contributed by atoms with E-state index >= 15 is 0 Å². The second-order valence-corrected chi connectivity index (χ2v) is 2.02. The Morgan fingerprint density at radius 3 is 2.90 bits per heavy atom. The smallest absolute Gasteiger partial charge is 0.0635 e. The maximum atomic E-state index is 5.51. The van der Waals surface area contributed by atoms with Gasteiger partial charge >= 0.3 is 0 Å². The molecule has 60 valence electrons. The minimum absolute atomic E-state index is 0.716. The van der Waals surface area contributed by atoms with E-state index in [2.05, 4.69) is 5.32 Å². The van der Waals surface area contributed by atoms with Crippen molar-refractivity contribution >= 4 is 0 Å². The molecule has 3 nitrogen and oxygen atoms in total. The summed E-state index contributed by atoms with van der Waals surface area (Å²) < 4.78 is 4.82. The molecule has 0 atom stereocenters. The average Bonchev–Trinajstić information content (AvgIpc) is 1.98. The molecule has 0 heterocycles. The number of allylic oxidation sites excluding steroid dienone is 1. The van der Waals surface area contributed by atoms with Gasteiger partial charge in [-0.2, -0.15) is 0 Å². The lowest BCUT2D eigenvalue weighted by Gasteiger charge is -2.00. The SMILES string of the molecule is CC/C(N)=C/NCCOC. The van der Waals surface area contributed by atoms with Gasteiger partial charge in [0.2, 0.25) is 0 Å². The molecule has 0 aliphatic carbocycles. The molecule has 0 aromatic heterocycles. The van der Waals surface area contributed by atoms with E-state index in [0.717, 1.165) is 18.7 Å². The lowest BCUT2D eigenvalue weighted by atomic mass is 10.4. The highest BCUT2D eigenvalue weighted by Gasteiger charge is 1.82. The molecule has 0 spiro atoms. The van der Waals surface area contributed by atoms with Crippen molar-refractivity contribution in [2.24, 2.45) is 5.73 Å². The first-order valence-electron chi connectivity index (χ1n) is 3.48. The van der Waals surface area contributed by atoms with Gasteiger partial charge in [-0.15, -0.1) is 0 Å². The van der Waals surface area contributed by atoms with E-state index in [9.17, 15) is 0 Å². The van der Waals surface area contributed by atoms with Crippen molar-refractivity contribution in [3.63, 3.8) is 0 Å². The molecule has 0 saturated heterocycles. The van der Waals surface area contributed by atoms with Crippen molar-refractivity contribution in [3.05, 3.63) is 11.9 Å². The van der Waals surface area contributed by atoms with Crippen LogP contribution in [-0.4, -0.2) is 20.3 Å². The average molecular weight is 144 g/mol. The van der Waals surface area contributed by atoms with Gasteiger partial charge in [0, 0.05) is 25.6 Å². The number of rotatable bonds is 5. The van der Waals surface area contributed by atoms with Crippen molar-refractivity contribution in [2.75, 3.05) is 20.3 Å². The summed E-state index contributed by atoms with van der Waals surface area (Å²) in [5, 5.41) is 3.02. The molecule has 0 fully saturated rings. The van der Waals surface area contributed by atoms with E-state index in [4.69, 9.17) is 10.5 Å². The van der Waals surface area contributed by atoms with E-state index in [-0.39, 0.29) is 0 Å². The Morgan fingerprint density at radius 2 is 2.40 bits per heavy atom. The molecular formula is C7H16N2O. The number of hydrogen-bond acceptors (Lipinski definition) is 3. The lowest BCUT2D eigenvalue weighted by molar-refractivity contribution is 0.202. The first-order valence-corrected chi connectivity index (χ1v) is 3.48. The second kappa shape index (κ2) is 6.42. The molecule has 0 aromatic carbocycles. The highest BCUT2D eigenvalue weighted by atomic mass is 16.5. The Balaban J connectivity index is 3.16. The topological polar surface area (TPSA) is 47.3 Å². The van der Waals surface area contributed by atoms with Gasteiger partial charge in [0.1, 0.15) is 0 Å². The predicted molar refractivity (Wildman–Crippen MR) is 42.4 cm³/mol. The van der Waals surface area contributed by atoms with Crippen LogP contribution in [0.25, 0.3) is 0 Å². The van der Waals surface area contributed by atoms with Crippen molar-refractivity contribution in [2.45, 2.75) is 13.3 Å². The van der Waals surface area contributed by atoms with E-state index < -0.39 is 0 Å². The summed E-state index contributed by atoms with van der Waals surface area (Å²) in [4.78, 5) is 0. The van der Waals surface area contributed by atoms with E-state index in [1.54, 1.807) is 7.11 Å². The molecule has 0 aromatic rings. The van der Waals surface area contributed by atoms with Gasteiger partial charge in [-0.05, 0) is 6.42 Å². The third-order valence-electron chi connectivity index (χ3n) is 1.15. The zero-order chi connectivity index (χ0) is 7.82. The van der Waals surface area contributed by atoms with Crippen LogP contribution in [-0.2, 0) is 4.74 Å². The first kappa shape index (κ1) is 9.30. The van der Waals surface area contributed by atoms with Gasteiger partial charge in [0.15, 0.2) is 0 Å². The molecule has 10 heavy (non-hydrogen) atoms. The Kier molecular flexibility index (Phi) is 5.97. The van der Waals surface area contributed by atoms with Crippen LogP contribution >= 0.6 is 0 Å². The molecule has 0 unspecified atom stereocenters. The normalized spacial score (nSPS) is 11.6. The quantitative estimate of drug-likeness (QED) is 0.550. The summed E-state index contributed by atoms with van der Waals surface area (Å²) in [6.07, 6.45) is 2.71. The van der Waals surface area contributed by atoms with Crippen LogP contribution in [0, 0.1) is 0 Å². The molecular weight excluding hydrogens is 128 g/mol. The molecule has 0 rings (SSSR count). The fourth-order valence-corrected chi connectivity index (χ4v) is 0.466. The van der Waals surface area contributed by atoms with Crippen molar-refractivity contribution in [1.29, 1.82) is 0 Å². The third kappa shape index (κ3) is 5.44. The molecule has 0 aliphatic heterocycles. The van der Waals surface area contributed by atoms with E-state index in [1.165, 1.54) is 0 Å². The van der Waals surface area contributed by atoms with Crippen molar-refractivity contribution < 1.29 is 4.74 Å². The number of nitrogens with two attached hydrogens (primary N) is 1. The highest BCUT2D eigenvalue weighted by molar-refractivity contribution is 4.92. The highest BCUT2D eigenvalue weighted by Crippen LogP contribution is 1.85. The van der Waals surface area contributed by atoms with Gasteiger partial charge in [-0.25, -0.2) is 0 Å². The summed E-state index contributed by atoms with van der Waals surface area (Å²) >= 11 is 0. The molecule has 0 aliphatic rings. The monoisotopic (exact) mass is 144 g/mol. The first-order chi connectivity index (χ1) is 4.81. The molecule has 3 N–H and O–H groups in total. The molecule has 3 heteroatoms. The Bertz CT molecular complexity index is 102. The zero-order valence-corrected chi connectivity index (χ0v) is 6.68. The number of nitrogens with one attached hydrogen (secondary N) is 1. The maximum Gasteiger partial charge on any atom is 0.0635 e. The molecule has 0 saturated carbocycles. The van der Waals surface area contributed by atoms with E-state index in [0.29, 0.717) is 6.61 Å². The van der Waals surface area contributed by atoms with Gasteiger partial charge < -0.3 is 15.8 Å². The van der Waals surface area contributed by atoms with Crippen LogP contribution in [0.5, 0.6) is 0 Å². The summed E-state index contributed by atoms with van der Waals surface area (Å²) in [5.41, 5.74) is 6.38. The fourth-order valence-electron chi connectivity index (χ4n) is 0.466. The van der Waals surface area contributed by atoms with Gasteiger partial charge in [0.05, 0.1) is 6.61 Å². The van der Waals surface area contributed by atoms with Gasteiger partial charge in [0.25, 0.3) is 0 Å². The standard InChI is InChI=1S/C7H16N2O/c1-3-7(8)6-9-4-5-10-2/h6,9H,3-5,8H2,1-2H3/b7-6-. The lowest BCUT2D eigenvalue weighted by Crippen LogP contribution is -2.14. The van der Waals surface area contributed by atoms with Crippen LogP contribution in [0.2, 0.25) is 0 Å². The van der Waals surface area contributed by atoms with Crippen LogP contribution in [0.4, 0.5) is 0 Å². The summed E-state index contributed by atoms with van der Waals surface area (Å²) in [7, 11) is 1.68. The molecule has 0 amide bonds. The summed E-state index contributed by atoms with van der Waals surface area (Å²) in [6.45, 7) is 3.55. The predicted octanol–water partition coefficient (Wildman–Crippen LogP) is 0.432. The molecule has 0 bridgehead atoms. The van der Waals surface area contributed by atoms with Crippen LogP contribution in [0.1, 0.15) is 13.3 Å². The summed E-state index contributed by atoms with van der Waals surface area (Å²) in [5.74, 6) is 0. The third-order valence-corrected chi connectivity index (χ3v) is 1.15. The van der Waals surface area contributed by atoms with Gasteiger partial charge in [-0.3, -0.25) is 0 Å². The minimum Gasteiger partial charge on any atom is -0.401 e. The van der Waals surface area contributed by atoms with E-state index in [1.807, 2.05) is 13.1 Å². The zero-order valence-electron chi connectivity index (χ0n) is 6.68. The number of methoxy groups -OCH3 is 1. The van der Waals surface area contributed by atoms with Gasteiger partial charge in [-0.1, -0.05) is 6.92 Å². The van der Waals surface area contributed by atoms with Crippen molar-refractivity contribution in [3.8, 4) is 0 Å². The molecule has 0 radical (unpaired) electrons. The van der Waals surface area contributed by atoms with Crippen LogP contribution in [0.15, 0.2) is 11.9 Å². The Hall–Kier alpha value is -0.700. The van der Waals surface area contributed by atoms with Crippen LogP contribution in [0.3, 0.4) is 0 Å². The number of ether oxygens (including phenoxy) is 1. The summed E-state index contributed by atoms with van der Waals surface area (Å²) in [6, 6.07) is 0. The minimum atomic E-state index is 0.716. The Morgan fingerprint density at radius 1 is 1.70 bits per heavy atom. The maximum absolute atomic E-state index is 5.51. The van der Waals surface area contributed by atoms with Crippen molar-refractivity contribution in [1.82, 2.24) is 5.32 Å². The Labute approximate surface area is 62.2 Å². The second-order valence-electron chi connectivity index (χ2n) is 2.02. The number of hydrogen-bond donors (Lipinski definition) is 2. The largest absolute Gasteiger partial charge is 0.401 e.